The molecule has 3 rings (SSSR count). The molecule has 1 unspecified atom stereocenters. The molecule has 0 saturated heterocycles. The molecule has 1 fully saturated rings. The molecule has 22 heavy (non-hydrogen) atoms. The SMILES string of the molecule is Cl.NC1(C(=O)NC2CCCOc3ccccc32)CCCCC1. The zero-order valence-electron chi connectivity index (χ0n) is 12.8. The van der Waals surface area contributed by atoms with Crippen molar-refractivity contribution in [1.29, 1.82) is 0 Å². The Morgan fingerprint density at radius 3 is 2.68 bits per heavy atom. The van der Waals surface area contributed by atoms with Gasteiger partial charge in [-0.2, -0.15) is 0 Å². The molecule has 2 aliphatic rings. The van der Waals surface area contributed by atoms with Gasteiger partial charge in [0.05, 0.1) is 18.2 Å². The van der Waals surface area contributed by atoms with Gasteiger partial charge in [-0.05, 0) is 31.7 Å². The summed E-state index contributed by atoms with van der Waals surface area (Å²) in [7, 11) is 0. The summed E-state index contributed by atoms with van der Waals surface area (Å²) in [6.07, 6.45) is 6.72. The Balaban J connectivity index is 0.00000176. The van der Waals surface area contributed by atoms with Crippen molar-refractivity contribution >= 4 is 18.3 Å². The quantitative estimate of drug-likeness (QED) is 0.878. The van der Waals surface area contributed by atoms with E-state index in [4.69, 9.17) is 10.5 Å². The second kappa shape index (κ2) is 7.34. The second-order valence-corrected chi connectivity index (χ2v) is 6.27. The van der Waals surface area contributed by atoms with Crippen molar-refractivity contribution in [2.75, 3.05) is 6.61 Å². The molecule has 1 amide bonds. The Labute approximate surface area is 138 Å². The molecule has 1 saturated carbocycles. The van der Waals surface area contributed by atoms with Gasteiger partial charge in [0.1, 0.15) is 5.75 Å². The molecule has 5 heteroatoms. The normalized spacial score (nSPS) is 23.2. The summed E-state index contributed by atoms with van der Waals surface area (Å²) in [6, 6.07) is 7.98. The Hall–Kier alpha value is -1.26. The highest BCUT2D eigenvalue weighted by Gasteiger charge is 2.36. The largest absolute Gasteiger partial charge is 0.493 e. The van der Waals surface area contributed by atoms with Crippen LogP contribution in [0.4, 0.5) is 0 Å². The number of fused-ring (bicyclic) bond motifs is 1. The number of rotatable bonds is 2. The van der Waals surface area contributed by atoms with Crippen molar-refractivity contribution < 1.29 is 9.53 Å². The molecule has 1 aliphatic heterocycles. The monoisotopic (exact) mass is 324 g/mol. The lowest BCUT2D eigenvalue weighted by Gasteiger charge is -2.33. The smallest absolute Gasteiger partial charge is 0.240 e. The second-order valence-electron chi connectivity index (χ2n) is 6.27. The van der Waals surface area contributed by atoms with Crippen molar-refractivity contribution in [2.45, 2.75) is 56.5 Å². The van der Waals surface area contributed by atoms with Gasteiger partial charge in [0.25, 0.3) is 0 Å². The summed E-state index contributed by atoms with van der Waals surface area (Å²) in [5.74, 6) is 0.888. The van der Waals surface area contributed by atoms with E-state index in [9.17, 15) is 4.79 Å². The van der Waals surface area contributed by atoms with Crippen LogP contribution >= 0.6 is 12.4 Å². The summed E-state index contributed by atoms with van der Waals surface area (Å²) in [4.78, 5) is 12.6. The summed E-state index contributed by atoms with van der Waals surface area (Å²) in [6.45, 7) is 0.706. The van der Waals surface area contributed by atoms with E-state index in [2.05, 4.69) is 5.32 Å². The molecule has 1 aliphatic carbocycles. The lowest BCUT2D eigenvalue weighted by molar-refractivity contribution is -0.128. The fourth-order valence-electron chi connectivity index (χ4n) is 3.39. The number of carbonyl (C=O) groups excluding carboxylic acids is 1. The lowest BCUT2D eigenvalue weighted by Crippen LogP contribution is -2.55. The van der Waals surface area contributed by atoms with Gasteiger partial charge < -0.3 is 15.8 Å². The first-order chi connectivity index (χ1) is 10.2. The van der Waals surface area contributed by atoms with E-state index in [1.165, 1.54) is 6.42 Å². The maximum Gasteiger partial charge on any atom is 0.240 e. The molecule has 1 atom stereocenters. The van der Waals surface area contributed by atoms with E-state index in [1.807, 2.05) is 24.3 Å². The standard InChI is InChI=1S/C17H24N2O2.ClH/c18-17(10-4-1-5-11-17)16(20)19-14-8-6-12-21-15-9-3-2-7-13(14)15;/h2-3,7,9,14H,1,4-6,8,10-12,18H2,(H,19,20);1H. The first kappa shape index (κ1) is 17.1. The number of para-hydroxylation sites is 1. The fourth-order valence-corrected chi connectivity index (χ4v) is 3.39. The van der Waals surface area contributed by atoms with Crippen LogP contribution in [0.1, 0.15) is 56.6 Å². The van der Waals surface area contributed by atoms with Crippen LogP contribution in [0.25, 0.3) is 0 Å². The van der Waals surface area contributed by atoms with Crippen molar-refractivity contribution in [3.05, 3.63) is 29.8 Å². The van der Waals surface area contributed by atoms with Crippen LogP contribution in [0, 0.1) is 0 Å². The highest BCUT2D eigenvalue weighted by molar-refractivity contribution is 5.86. The van der Waals surface area contributed by atoms with E-state index in [-0.39, 0.29) is 24.4 Å². The zero-order chi connectivity index (χ0) is 14.7. The van der Waals surface area contributed by atoms with E-state index < -0.39 is 5.54 Å². The molecule has 1 aromatic rings. The van der Waals surface area contributed by atoms with Crippen LogP contribution in [-0.2, 0) is 4.79 Å². The summed E-state index contributed by atoms with van der Waals surface area (Å²) in [5, 5.41) is 3.18. The van der Waals surface area contributed by atoms with Crippen LogP contribution in [0.2, 0.25) is 0 Å². The molecule has 122 valence electrons. The fraction of sp³-hybridized carbons (Fsp3) is 0.588. The number of carbonyl (C=O) groups is 1. The number of hydrogen-bond acceptors (Lipinski definition) is 3. The summed E-state index contributed by atoms with van der Waals surface area (Å²) < 4.78 is 5.75. The highest BCUT2D eigenvalue weighted by Crippen LogP contribution is 2.33. The van der Waals surface area contributed by atoms with Crippen LogP contribution < -0.4 is 15.8 Å². The maximum absolute atomic E-state index is 12.6. The Morgan fingerprint density at radius 1 is 1.18 bits per heavy atom. The molecule has 1 aromatic carbocycles. The number of hydrogen-bond donors (Lipinski definition) is 2. The first-order valence-electron chi connectivity index (χ1n) is 8.01. The third kappa shape index (κ3) is 3.55. The van der Waals surface area contributed by atoms with Crippen LogP contribution in [0.3, 0.4) is 0 Å². The molecule has 4 nitrogen and oxygen atoms in total. The average Bonchev–Trinajstić information content (AvgIpc) is 2.71. The number of benzene rings is 1. The molecular formula is C17H25ClN2O2. The van der Waals surface area contributed by atoms with Crippen LogP contribution in [-0.4, -0.2) is 18.1 Å². The van der Waals surface area contributed by atoms with Crippen molar-refractivity contribution in [1.82, 2.24) is 5.32 Å². The minimum atomic E-state index is -0.680. The predicted molar refractivity (Wildman–Crippen MR) is 89.3 cm³/mol. The number of ether oxygens (including phenoxy) is 1. The minimum absolute atomic E-state index is 0. The average molecular weight is 325 g/mol. The lowest BCUT2D eigenvalue weighted by atomic mass is 9.81. The molecule has 0 aromatic heterocycles. The van der Waals surface area contributed by atoms with E-state index in [0.29, 0.717) is 6.61 Å². The van der Waals surface area contributed by atoms with Gasteiger partial charge in [-0.3, -0.25) is 4.79 Å². The zero-order valence-corrected chi connectivity index (χ0v) is 13.7. The van der Waals surface area contributed by atoms with Gasteiger partial charge in [-0.15, -0.1) is 12.4 Å². The number of nitrogens with one attached hydrogen (secondary N) is 1. The van der Waals surface area contributed by atoms with Gasteiger partial charge >= 0.3 is 0 Å². The topological polar surface area (TPSA) is 64.4 Å². The first-order valence-corrected chi connectivity index (χ1v) is 8.01. The maximum atomic E-state index is 12.6. The van der Waals surface area contributed by atoms with Crippen molar-refractivity contribution in [2.24, 2.45) is 5.73 Å². The van der Waals surface area contributed by atoms with Gasteiger partial charge in [-0.25, -0.2) is 0 Å². The van der Waals surface area contributed by atoms with Gasteiger partial charge in [0, 0.05) is 5.56 Å². The molecule has 1 heterocycles. The van der Waals surface area contributed by atoms with E-state index in [0.717, 1.165) is 49.8 Å². The van der Waals surface area contributed by atoms with E-state index >= 15 is 0 Å². The third-order valence-electron chi connectivity index (χ3n) is 4.69. The summed E-state index contributed by atoms with van der Waals surface area (Å²) in [5.41, 5.74) is 6.73. The number of nitrogens with two attached hydrogens (primary N) is 1. The Bertz CT molecular complexity index is 515. The Kier molecular flexibility index (Phi) is 5.70. The van der Waals surface area contributed by atoms with Crippen molar-refractivity contribution in [3.8, 4) is 5.75 Å². The van der Waals surface area contributed by atoms with Crippen molar-refractivity contribution in [3.63, 3.8) is 0 Å². The minimum Gasteiger partial charge on any atom is -0.493 e. The van der Waals surface area contributed by atoms with Gasteiger partial charge in [0.15, 0.2) is 0 Å². The number of amides is 1. The third-order valence-corrected chi connectivity index (χ3v) is 4.69. The molecule has 3 N–H and O–H groups in total. The molecule has 0 spiro atoms. The number of halogens is 1. The summed E-state index contributed by atoms with van der Waals surface area (Å²) >= 11 is 0. The molecule has 0 radical (unpaired) electrons. The van der Waals surface area contributed by atoms with Gasteiger partial charge in [0.2, 0.25) is 5.91 Å². The molecular weight excluding hydrogens is 300 g/mol. The predicted octanol–water partition coefficient (Wildman–Crippen LogP) is 3.10. The molecule has 0 bridgehead atoms. The van der Waals surface area contributed by atoms with Crippen LogP contribution in [0.15, 0.2) is 24.3 Å². The van der Waals surface area contributed by atoms with Crippen LogP contribution in [0.5, 0.6) is 5.75 Å². The van der Waals surface area contributed by atoms with Gasteiger partial charge in [-0.1, -0.05) is 37.5 Å². The Morgan fingerprint density at radius 2 is 1.91 bits per heavy atom. The highest BCUT2D eigenvalue weighted by atomic mass is 35.5. The van der Waals surface area contributed by atoms with E-state index in [1.54, 1.807) is 0 Å².